The predicted molar refractivity (Wildman–Crippen MR) is 183 cm³/mol. The van der Waals surface area contributed by atoms with Gasteiger partial charge in [-0.3, -0.25) is 4.98 Å². The van der Waals surface area contributed by atoms with Gasteiger partial charge in [0.25, 0.3) is 0 Å². The van der Waals surface area contributed by atoms with Crippen molar-refractivity contribution in [3.05, 3.63) is 137 Å². The van der Waals surface area contributed by atoms with Gasteiger partial charge in [0.15, 0.2) is 0 Å². The fourth-order valence-corrected chi connectivity index (χ4v) is 7.06. The summed E-state index contributed by atoms with van der Waals surface area (Å²) < 4.78 is 173. The number of nitrogens with zero attached hydrogens (tertiary/aromatic N) is 4. The van der Waals surface area contributed by atoms with Gasteiger partial charge >= 0.3 is 24.7 Å². The van der Waals surface area contributed by atoms with E-state index in [1.54, 1.807) is 0 Å². The fourth-order valence-electron chi connectivity index (χ4n) is 7.06. The van der Waals surface area contributed by atoms with Crippen LogP contribution in [0.25, 0.3) is 66.1 Å². The van der Waals surface area contributed by atoms with Crippen LogP contribution < -0.4 is 0 Å². The molecule has 4 nitrogen and oxygen atoms in total. The number of alkyl halides is 12. The zero-order valence-corrected chi connectivity index (χ0v) is 27.7. The Morgan fingerprint density at radius 2 is 0.750 bits per heavy atom. The first-order valence-corrected chi connectivity index (χ1v) is 16.2. The summed E-state index contributed by atoms with van der Waals surface area (Å²) in [4.78, 5) is 3.94. The average molecular weight is 783 g/mol. The Kier molecular flexibility index (Phi) is 7.98. The van der Waals surface area contributed by atoms with Gasteiger partial charge in [-0.15, -0.1) is 0 Å². The third-order valence-corrected chi connectivity index (χ3v) is 9.55. The highest BCUT2D eigenvalue weighted by Crippen LogP contribution is 2.45. The van der Waals surface area contributed by atoms with Crippen molar-refractivity contribution >= 4 is 43.6 Å². The monoisotopic (exact) mass is 782 g/mol. The molecule has 0 aliphatic heterocycles. The molecule has 8 rings (SSSR count). The van der Waals surface area contributed by atoms with E-state index in [0.717, 1.165) is 63.7 Å². The number of fused-ring (bicyclic) bond motifs is 6. The highest BCUT2D eigenvalue weighted by atomic mass is 19.4. The van der Waals surface area contributed by atoms with Gasteiger partial charge < -0.3 is 9.13 Å². The lowest BCUT2D eigenvalue weighted by atomic mass is 9.98. The Bertz CT molecular complexity index is 2780. The second kappa shape index (κ2) is 12.3. The van der Waals surface area contributed by atoms with Gasteiger partial charge in [0, 0.05) is 39.5 Å². The Hall–Kier alpha value is -6.50. The van der Waals surface area contributed by atoms with E-state index < -0.39 is 47.0 Å². The van der Waals surface area contributed by atoms with Crippen LogP contribution in [0.1, 0.15) is 27.8 Å². The first-order chi connectivity index (χ1) is 26.3. The quantitative estimate of drug-likeness (QED) is 0.168. The number of hydrogen-bond donors (Lipinski definition) is 0. The van der Waals surface area contributed by atoms with E-state index in [2.05, 4.69) is 4.98 Å². The summed E-state index contributed by atoms with van der Waals surface area (Å²) in [6, 6.07) is 17.1. The standard InChI is InChI=1S/C40H18F12N4/c41-37(42,43)22-1-5-26-27-6-2-23(38(44,45)46)15-32(27)55(31(26)14-22)35-13-21(19-53)30(20-9-11-54-12-10-20)18-36(35)56-33-16-24(39(47,48)49)3-7-28(33)29-8-4-25(17-34(29)56)40(50,51)52/h1-18H. The molecule has 0 spiro atoms. The van der Waals surface area contributed by atoms with Crippen LogP contribution in [0.4, 0.5) is 52.7 Å². The largest absolute Gasteiger partial charge is 0.416 e. The molecule has 0 atom stereocenters. The molecule has 0 saturated heterocycles. The van der Waals surface area contributed by atoms with Crippen LogP contribution in [-0.4, -0.2) is 14.1 Å². The molecule has 0 aliphatic rings. The van der Waals surface area contributed by atoms with Crippen molar-refractivity contribution in [2.45, 2.75) is 24.7 Å². The molecule has 0 radical (unpaired) electrons. The van der Waals surface area contributed by atoms with E-state index in [0.29, 0.717) is 29.8 Å². The molecule has 0 aliphatic carbocycles. The predicted octanol–water partition coefficient (Wildman–Crippen LogP) is 12.9. The zero-order chi connectivity index (χ0) is 40.1. The molecule has 0 unspecified atom stereocenters. The van der Waals surface area contributed by atoms with E-state index in [1.807, 2.05) is 6.07 Å². The lowest BCUT2D eigenvalue weighted by Crippen LogP contribution is -2.09. The minimum atomic E-state index is -4.95. The molecule has 5 aromatic carbocycles. The fraction of sp³-hybridized carbons (Fsp3) is 0.100. The van der Waals surface area contributed by atoms with Gasteiger partial charge in [-0.25, -0.2) is 0 Å². The maximum absolute atomic E-state index is 14.2. The van der Waals surface area contributed by atoms with Crippen molar-refractivity contribution in [2.75, 3.05) is 0 Å². The molecular weight excluding hydrogens is 764 g/mol. The molecule has 8 aromatic rings. The molecule has 0 saturated carbocycles. The van der Waals surface area contributed by atoms with Crippen LogP contribution in [0.5, 0.6) is 0 Å². The third-order valence-electron chi connectivity index (χ3n) is 9.55. The molecule has 56 heavy (non-hydrogen) atoms. The summed E-state index contributed by atoms with van der Waals surface area (Å²) in [6.45, 7) is 0. The first kappa shape index (κ1) is 36.5. The van der Waals surface area contributed by atoms with Crippen molar-refractivity contribution in [3.63, 3.8) is 0 Å². The van der Waals surface area contributed by atoms with E-state index in [1.165, 1.54) is 30.6 Å². The van der Waals surface area contributed by atoms with E-state index >= 15 is 0 Å². The highest BCUT2D eigenvalue weighted by Gasteiger charge is 2.36. The molecule has 0 amide bonds. The van der Waals surface area contributed by atoms with Gasteiger partial charge in [-0.2, -0.15) is 57.9 Å². The number of benzene rings is 5. The molecule has 282 valence electrons. The topological polar surface area (TPSA) is 46.5 Å². The molecule has 0 fully saturated rings. The SMILES string of the molecule is N#Cc1cc(-n2c3cc(C(F)(F)F)ccc3c3ccc(C(F)(F)F)cc32)c(-n2c3cc(C(F)(F)F)ccc3c3ccc(C(F)(F)F)cc32)cc1-c1ccncc1. The van der Waals surface area contributed by atoms with Crippen molar-refractivity contribution in [1.82, 2.24) is 14.1 Å². The van der Waals surface area contributed by atoms with Gasteiger partial charge in [-0.1, -0.05) is 24.3 Å². The molecular formula is C40H18F12N4. The normalized spacial score (nSPS) is 13.0. The molecule has 3 aromatic heterocycles. The molecule has 16 heteroatoms. The molecule has 0 N–H and O–H groups in total. The van der Waals surface area contributed by atoms with Gasteiger partial charge in [0.2, 0.25) is 0 Å². The van der Waals surface area contributed by atoms with E-state index in [4.69, 9.17) is 0 Å². The van der Waals surface area contributed by atoms with Crippen LogP contribution in [0.15, 0.2) is 109 Å². The number of halogens is 12. The summed E-state index contributed by atoms with van der Waals surface area (Å²) in [7, 11) is 0. The Labute approximate surface area is 306 Å². The Morgan fingerprint density at radius 1 is 0.429 bits per heavy atom. The van der Waals surface area contributed by atoms with Crippen LogP contribution in [0, 0.1) is 11.3 Å². The maximum Gasteiger partial charge on any atom is 0.416 e. The van der Waals surface area contributed by atoms with Gasteiger partial charge in [-0.05, 0) is 78.4 Å². The lowest BCUT2D eigenvalue weighted by molar-refractivity contribution is -0.138. The van der Waals surface area contributed by atoms with Crippen LogP contribution in [0.2, 0.25) is 0 Å². The Morgan fingerprint density at radius 3 is 1.05 bits per heavy atom. The smallest absolute Gasteiger partial charge is 0.307 e. The summed E-state index contributed by atoms with van der Waals surface area (Å²) >= 11 is 0. The summed E-state index contributed by atoms with van der Waals surface area (Å²) in [5.41, 5.74) is -6.44. The summed E-state index contributed by atoms with van der Waals surface area (Å²) in [5.74, 6) is 0. The highest BCUT2D eigenvalue weighted by molar-refractivity contribution is 6.12. The molecule has 0 bridgehead atoms. The van der Waals surface area contributed by atoms with Crippen LogP contribution in [0.3, 0.4) is 0 Å². The van der Waals surface area contributed by atoms with Crippen molar-refractivity contribution < 1.29 is 52.7 Å². The number of nitriles is 1. The number of aromatic nitrogens is 3. The van der Waals surface area contributed by atoms with Gasteiger partial charge in [0.05, 0.1) is 67.3 Å². The number of hydrogen-bond acceptors (Lipinski definition) is 2. The second-order valence-electron chi connectivity index (χ2n) is 12.8. The third kappa shape index (κ3) is 5.94. The summed E-state index contributed by atoms with van der Waals surface area (Å²) in [6.07, 6.45) is -17.1. The molecule has 3 heterocycles. The van der Waals surface area contributed by atoms with Gasteiger partial charge in [0.1, 0.15) is 0 Å². The minimum absolute atomic E-state index is 0.0327. The number of rotatable bonds is 3. The van der Waals surface area contributed by atoms with Crippen molar-refractivity contribution in [3.8, 4) is 28.6 Å². The van der Waals surface area contributed by atoms with Crippen molar-refractivity contribution in [1.29, 1.82) is 5.26 Å². The van der Waals surface area contributed by atoms with Crippen molar-refractivity contribution in [2.24, 2.45) is 0 Å². The maximum atomic E-state index is 14.2. The van der Waals surface area contributed by atoms with Crippen LogP contribution in [-0.2, 0) is 24.7 Å². The first-order valence-electron chi connectivity index (χ1n) is 16.2. The van der Waals surface area contributed by atoms with Crippen LogP contribution >= 0.6 is 0 Å². The van der Waals surface area contributed by atoms with E-state index in [9.17, 15) is 57.9 Å². The Balaban J connectivity index is 1.63. The second-order valence-corrected chi connectivity index (χ2v) is 12.8. The lowest BCUT2D eigenvalue weighted by Gasteiger charge is -2.20. The average Bonchev–Trinajstić information content (AvgIpc) is 3.64. The van der Waals surface area contributed by atoms with E-state index in [-0.39, 0.29) is 66.1 Å². The minimum Gasteiger partial charge on any atom is -0.307 e. The number of pyridine rings is 1. The zero-order valence-electron chi connectivity index (χ0n) is 27.7. The summed E-state index contributed by atoms with van der Waals surface area (Å²) in [5, 5.41) is 10.6.